The summed E-state index contributed by atoms with van der Waals surface area (Å²) >= 11 is 2.11. The molecule has 0 bridgehead atoms. The van der Waals surface area contributed by atoms with Crippen molar-refractivity contribution in [2.75, 3.05) is 30.8 Å². The van der Waals surface area contributed by atoms with Gasteiger partial charge in [-0.15, -0.1) is 0 Å². The third-order valence-electron chi connectivity index (χ3n) is 3.34. The standard InChI is InChI=1S/C14H25N3OS/c1-2-18-10-5-7-15-14-16-8-9-17(14)12-13-6-3-4-11-19-13/h8-9,13H,2-7,10-12H2,1H3,(H,15,16). The first-order valence-corrected chi connectivity index (χ1v) is 8.39. The molecule has 1 aliphatic heterocycles. The number of hydrogen-bond acceptors (Lipinski definition) is 4. The number of nitrogens with zero attached hydrogens (tertiary/aromatic N) is 2. The molecule has 108 valence electrons. The average Bonchev–Trinajstić information content (AvgIpc) is 2.87. The molecule has 0 saturated carbocycles. The molecule has 1 saturated heterocycles. The van der Waals surface area contributed by atoms with Gasteiger partial charge in [0, 0.05) is 43.9 Å². The maximum atomic E-state index is 5.33. The van der Waals surface area contributed by atoms with E-state index in [0.29, 0.717) is 0 Å². The van der Waals surface area contributed by atoms with Crippen LogP contribution in [0.2, 0.25) is 0 Å². The Morgan fingerprint density at radius 1 is 1.53 bits per heavy atom. The summed E-state index contributed by atoms with van der Waals surface area (Å²) in [7, 11) is 0. The zero-order valence-corrected chi connectivity index (χ0v) is 12.6. The van der Waals surface area contributed by atoms with Gasteiger partial charge in [-0.3, -0.25) is 0 Å². The molecule has 0 radical (unpaired) electrons. The fourth-order valence-electron chi connectivity index (χ4n) is 2.31. The monoisotopic (exact) mass is 283 g/mol. The quantitative estimate of drug-likeness (QED) is 0.744. The van der Waals surface area contributed by atoms with E-state index < -0.39 is 0 Å². The Kier molecular flexibility index (Phi) is 6.57. The lowest BCUT2D eigenvalue weighted by Crippen LogP contribution is -2.19. The van der Waals surface area contributed by atoms with Crippen LogP contribution in [0.1, 0.15) is 32.6 Å². The predicted molar refractivity (Wildman–Crippen MR) is 81.9 cm³/mol. The zero-order chi connectivity index (χ0) is 13.3. The summed E-state index contributed by atoms with van der Waals surface area (Å²) in [4.78, 5) is 4.40. The van der Waals surface area contributed by atoms with E-state index in [1.54, 1.807) is 0 Å². The van der Waals surface area contributed by atoms with Gasteiger partial charge in [-0.25, -0.2) is 4.98 Å². The molecule has 5 heteroatoms. The maximum Gasteiger partial charge on any atom is 0.202 e. The van der Waals surface area contributed by atoms with E-state index in [9.17, 15) is 0 Å². The van der Waals surface area contributed by atoms with Crippen molar-refractivity contribution in [3.63, 3.8) is 0 Å². The van der Waals surface area contributed by atoms with Crippen LogP contribution in [0.5, 0.6) is 0 Å². The van der Waals surface area contributed by atoms with Crippen molar-refractivity contribution in [1.29, 1.82) is 0 Å². The van der Waals surface area contributed by atoms with E-state index in [4.69, 9.17) is 4.74 Å². The van der Waals surface area contributed by atoms with Gasteiger partial charge in [0.25, 0.3) is 0 Å². The molecule has 1 fully saturated rings. The number of anilines is 1. The van der Waals surface area contributed by atoms with Crippen LogP contribution in [0.4, 0.5) is 5.95 Å². The molecule has 1 unspecified atom stereocenters. The molecule has 0 aromatic carbocycles. The van der Waals surface area contributed by atoms with Crippen molar-refractivity contribution in [3.05, 3.63) is 12.4 Å². The molecular formula is C14H25N3OS. The van der Waals surface area contributed by atoms with Crippen molar-refractivity contribution in [2.24, 2.45) is 0 Å². The predicted octanol–water partition coefficient (Wildman–Crippen LogP) is 3.01. The fourth-order valence-corrected chi connectivity index (χ4v) is 3.62. The van der Waals surface area contributed by atoms with Crippen LogP contribution in [0.15, 0.2) is 12.4 Å². The van der Waals surface area contributed by atoms with Gasteiger partial charge in [-0.2, -0.15) is 11.8 Å². The van der Waals surface area contributed by atoms with E-state index >= 15 is 0 Å². The number of thioether (sulfide) groups is 1. The van der Waals surface area contributed by atoms with Crippen molar-refractivity contribution in [2.45, 2.75) is 44.4 Å². The van der Waals surface area contributed by atoms with Crippen LogP contribution in [-0.2, 0) is 11.3 Å². The van der Waals surface area contributed by atoms with Gasteiger partial charge in [0.05, 0.1) is 0 Å². The Morgan fingerprint density at radius 2 is 2.47 bits per heavy atom. The molecule has 1 aromatic rings. The molecule has 2 heterocycles. The molecule has 0 spiro atoms. The van der Waals surface area contributed by atoms with Gasteiger partial charge in [0.2, 0.25) is 5.95 Å². The number of imidazole rings is 1. The average molecular weight is 283 g/mol. The first-order valence-electron chi connectivity index (χ1n) is 7.34. The minimum atomic E-state index is 0.756. The van der Waals surface area contributed by atoms with Crippen LogP contribution < -0.4 is 5.32 Å². The van der Waals surface area contributed by atoms with Crippen LogP contribution in [0, 0.1) is 0 Å². The van der Waals surface area contributed by atoms with Gasteiger partial charge in [-0.1, -0.05) is 6.42 Å². The molecule has 2 rings (SSSR count). The lowest BCUT2D eigenvalue weighted by atomic mass is 10.2. The molecule has 0 amide bonds. The minimum absolute atomic E-state index is 0.756. The van der Waals surface area contributed by atoms with Crippen LogP contribution in [-0.4, -0.2) is 40.3 Å². The lowest BCUT2D eigenvalue weighted by Gasteiger charge is -2.22. The van der Waals surface area contributed by atoms with Gasteiger partial charge in [0.15, 0.2) is 0 Å². The summed E-state index contributed by atoms with van der Waals surface area (Å²) in [6.45, 7) is 5.66. The zero-order valence-electron chi connectivity index (χ0n) is 11.8. The molecule has 1 N–H and O–H groups in total. The molecular weight excluding hydrogens is 258 g/mol. The normalized spacial score (nSPS) is 19.5. The highest BCUT2D eigenvalue weighted by Crippen LogP contribution is 2.26. The third-order valence-corrected chi connectivity index (χ3v) is 4.72. The number of nitrogens with one attached hydrogen (secondary N) is 1. The van der Waals surface area contributed by atoms with Crippen LogP contribution in [0.3, 0.4) is 0 Å². The summed E-state index contributed by atoms with van der Waals surface area (Å²) < 4.78 is 7.59. The first-order chi connectivity index (χ1) is 9.40. The second kappa shape index (κ2) is 8.48. The highest BCUT2D eigenvalue weighted by Gasteiger charge is 2.15. The van der Waals surface area contributed by atoms with Crippen molar-refractivity contribution < 1.29 is 4.74 Å². The fraction of sp³-hybridized carbons (Fsp3) is 0.786. The van der Waals surface area contributed by atoms with Gasteiger partial charge in [0.1, 0.15) is 0 Å². The van der Waals surface area contributed by atoms with Gasteiger partial charge >= 0.3 is 0 Å². The Morgan fingerprint density at radius 3 is 3.26 bits per heavy atom. The Bertz CT molecular complexity index is 350. The molecule has 0 aliphatic carbocycles. The SMILES string of the molecule is CCOCCCNc1nccn1CC1CCCCS1. The highest BCUT2D eigenvalue weighted by atomic mass is 32.2. The Balaban J connectivity index is 1.73. The van der Waals surface area contributed by atoms with Gasteiger partial charge < -0.3 is 14.6 Å². The molecule has 4 nitrogen and oxygen atoms in total. The topological polar surface area (TPSA) is 39.1 Å². The summed E-state index contributed by atoms with van der Waals surface area (Å²) in [5.74, 6) is 2.32. The molecule has 1 aliphatic rings. The molecule has 1 aromatic heterocycles. The minimum Gasteiger partial charge on any atom is -0.382 e. The third kappa shape index (κ3) is 5.07. The smallest absolute Gasteiger partial charge is 0.202 e. The largest absolute Gasteiger partial charge is 0.382 e. The van der Waals surface area contributed by atoms with E-state index in [0.717, 1.165) is 43.9 Å². The van der Waals surface area contributed by atoms with Gasteiger partial charge in [-0.05, 0) is 31.9 Å². The second-order valence-corrected chi connectivity index (χ2v) is 6.28. The Labute approximate surface area is 120 Å². The van der Waals surface area contributed by atoms with E-state index in [1.165, 1.54) is 25.0 Å². The van der Waals surface area contributed by atoms with E-state index in [-0.39, 0.29) is 0 Å². The maximum absolute atomic E-state index is 5.33. The number of hydrogen-bond donors (Lipinski definition) is 1. The number of ether oxygens (including phenoxy) is 1. The number of aromatic nitrogens is 2. The van der Waals surface area contributed by atoms with Crippen LogP contribution >= 0.6 is 11.8 Å². The van der Waals surface area contributed by atoms with Crippen molar-refractivity contribution in [3.8, 4) is 0 Å². The second-order valence-electron chi connectivity index (χ2n) is 4.87. The van der Waals surface area contributed by atoms with E-state index in [1.807, 2.05) is 13.1 Å². The van der Waals surface area contributed by atoms with Crippen LogP contribution in [0.25, 0.3) is 0 Å². The van der Waals surface area contributed by atoms with Crippen molar-refractivity contribution in [1.82, 2.24) is 9.55 Å². The first kappa shape index (κ1) is 14.7. The summed E-state index contributed by atoms with van der Waals surface area (Å²) in [5, 5.41) is 4.16. The summed E-state index contributed by atoms with van der Waals surface area (Å²) in [5.41, 5.74) is 0. The summed E-state index contributed by atoms with van der Waals surface area (Å²) in [6, 6.07) is 0. The highest BCUT2D eigenvalue weighted by molar-refractivity contribution is 7.99. The summed E-state index contributed by atoms with van der Waals surface area (Å²) in [6.07, 6.45) is 9.10. The Hall–Kier alpha value is -0.680. The molecule has 19 heavy (non-hydrogen) atoms. The van der Waals surface area contributed by atoms with Crippen molar-refractivity contribution >= 4 is 17.7 Å². The lowest BCUT2D eigenvalue weighted by molar-refractivity contribution is 0.147. The number of rotatable bonds is 8. The van der Waals surface area contributed by atoms with E-state index in [2.05, 4.69) is 32.8 Å². The molecule has 1 atom stereocenters.